The summed E-state index contributed by atoms with van der Waals surface area (Å²) in [6, 6.07) is 8.79. The van der Waals surface area contributed by atoms with E-state index in [2.05, 4.69) is 9.71 Å². The topological polar surface area (TPSA) is 62.3 Å². The van der Waals surface area contributed by atoms with E-state index in [1.807, 2.05) is 17.0 Å². The van der Waals surface area contributed by atoms with Crippen LogP contribution >= 0.6 is 0 Å². The van der Waals surface area contributed by atoms with E-state index in [1.54, 1.807) is 12.3 Å². The van der Waals surface area contributed by atoms with Crippen molar-refractivity contribution in [1.82, 2.24) is 9.71 Å². The van der Waals surface area contributed by atoms with Gasteiger partial charge in [-0.3, -0.25) is 0 Å². The molecule has 1 aromatic heterocycles. The van der Waals surface area contributed by atoms with Crippen molar-refractivity contribution in [3.05, 3.63) is 54.2 Å². The van der Waals surface area contributed by atoms with Crippen molar-refractivity contribution >= 4 is 15.8 Å². The van der Waals surface area contributed by atoms with Gasteiger partial charge in [0.05, 0.1) is 10.5 Å². The molecule has 25 heavy (non-hydrogen) atoms. The molecule has 1 N–H and O–H groups in total. The van der Waals surface area contributed by atoms with Gasteiger partial charge in [0.15, 0.2) is 0 Å². The largest absolute Gasteiger partial charge is 0.416 e. The molecule has 1 fully saturated rings. The van der Waals surface area contributed by atoms with E-state index in [1.165, 1.54) is 0 Å². The molecule has 1 aliphatic heterocycles. The first kappa shape index (κ1) is 17.7. The van der Waals surface area contributed by atoms with Crippen LogP contribution in [0, 0.1) is 0 Å². The maximum absolute atomic E-state index is 12.8. The van der Waals surface area contributed by atoms with Crippen molar-refractivity contribution in [3.63, 3.8) is 0 Å². The zero-order valence-electron chi connectivity index (χ0n) is 13.1. The first-order valence-electron chi connectivity index (χ1n) is 7.61. The van der Waals surface area contributed by atoms with E-state index in [9.17, 15) is 21.6 Å². The van der Waals surface area contributed by atoms with Crippen LogP contribution < -0.4 is 9.62 Å². The number of halogens is 3. The van der Waals surface area contributed by atoms with Crippen LogP contribution in [-0.4, -0.2) is 32.5 Å². The van der Waals surface area contributed by atoms with Gasteiger partial charge in [-0.15, -0.1) is 0 Å². The molecule has 1 aliphatic rings. The fraction of sp³-hybridized carbons (Fsp3) is 0.312. The third-order valence-electron chi connectivity index (χ3n) is 3.96. The highest BCUT2D eigenvalue weighted by molar-refractivity contribution is 7.89. The molecule has 134 valence electrons. The molecule has 1 atom stereocenters. The summed E-state index contributed by atoms with van der Waals surface area (Å²) in [5.41, 5.74) is -0.989. The number of nitrogens with one attached hydrogen (secondary N) is 1. The zero-order chi connectivity index (χ0) is 18.1. The number of sulfonamides is 1. The summed E-state index contributed by atoms with van der Waals surface area (Å²) in [5.74, 6) is 0.739. The zero-order valence-corrected chi connectivity index (χ0v) is 13.9. The number of aromatic nitrogens is 1. The Morgan fingerprint density at radius 3 is 2.64 bits per heavy atom. The number of alkyl halides is 3. The van der Waals surface area contributed by atoms with E-state index in [-0.39, 0.29) is 6.04 Å². The lowest BCUT2D eigenvalue weighted by Gasteiger charge is -2.18. The van der Waals surface area contributed by atoms with Crippen LogP contribution in [0.4, 0.5) is 19.0 Å². The maximum Gasteiger partial charge on any atom is 0.416 e. The van der Waals surface area contributed by atoms with Gasteiger partial charge in [0.2, 0.25) is 10.0 Å². The quantitative estimate of drug-likeness (QED) is 0.898. The molecule has 3 rings (SSSR count). The number of benzene rings is 1. The number of pyridine rings is 1. The fourth-order valence-electron chi connectivity index (χ4n) is 2.73. The second kappa shape index (κ2) is 6.64. The minimum absolute atomic E-state index is 0.387. The van der Waals surface area contributed by atoms with Crippen LogP contribution in [0.5, 0.6) is 0 Å². The average Bonchev–Trinajstić information content (AvgIpc) is 3.03. The van der Waals surface area contributed by atoms with Gasteiger partial charge < -0.3 is 4.90 Å². The molecule has 2 aromatic rings. The lowest BCUT2D eigenvalue weighted by atomic mass is 10.2. The van der Waals surface area contributed by atoms with E-state index in [0.29, 0.717) is 25.6 Å². The molecule has 9 heteroatoms. The van der Waals surface area contributed by atoms with Crippen molar-refractivity contribution in [2.24, 2.45) is 0 Å². The molecule has 0 bridgehead atoms. The molecule has 5 nitrogen and oxygen atoms in total. The Kier molecular flexibility index (Phi) is 4.70. The van der Waals surface area contributed by atoms with Gasteiger partial charge in [-0.2, -0.15) is 13.2 Å². The van der Waals surface area contributed by atoms with Crippen molar-refractivity contribution in [2.45, 2.75) is 23.5 Å². The highest BCUT2D eigenvalue weighted by Crippen LogP contribution is 2.30. The highest BCUT2D eigenvalue weighted by Gasteiger charge is 2.33. The minimum atomic E-state index is -4.59. The SMILES string of the molecule is O=S(=O)(NC1CCN(c2ccccn2)C1)c1cccc(C(F)(F)F)c1. The highest BCUT2D eigenvalue weighted by atomic mass is 32.2. The van der Waals surface area contributed by atoms with Gasteiger partial charge in [-0.1, -0.05) is 12.1 Å². The standard InChI is InChI=1S/C16H16F3N3O2S/c17-16(18,19)12-4-3-5-14(10-12)25(23,24)21-13-7-9-22(11-13)15-6-1-2-8-20-15/h1-6,8,10,13,21H,7,9,11H2. The van der Waals surface area contributed by atoms with Crippen LogP contribution in [0.2, 0.25) is 0 Å². The third-order valence-corrected chi connectivity index (χ3v) is 5.47. The summed E-state index contributed by atoms with van der Waals surface area (Å²) in [7, 11) is -4.03. The number of hydrogen-bond donors (Lipinski definition) is 1. The van der Waals surface area contributed by atoms with Gasteiger partial charge in [0, 0.05) is 25.3 Å². The summed E-state index contributed by atoms with van der Waals surface area (Å²) in [6.07, 6.45) is -2.39. The first-order chi connectivity index (χ1) is 11.8. The van der Waals surface area contributed by atoms with E-state index < -0.39 is 26.7 Å². The molecular formula is C16H16F3N3O2S. The van der Waals surface area contributed by atoms with Gasteiger partial charge >= 0.3 is 6.18 Å². The molecule has 1 aromatic carbocycles. The predicted octanol–water partition coefficient (Wildman–Crippen LogP) is 2.66. The number of hydrogen-bond acceptors (Lipinski definition) is 4. The average molecular weight is 371 g/mol. The minimum Gasteiger partial charge on any atom is -0.355 e. The fourth-order valence-corrected chi connectivity index (χ4v) is 4.04. The van der Waals surface area contributed by atoms with Gasteiger partial charge in [-0.05, 0) is 36.8 Å². The summed E-state index contributed by atoms with van der Waals surface area (Å²) >= 11 is 0. The molecule has 1 unspecified atom stereocenters. The second-order valence-electron chi connectivity index (χ2n) is 5.77. The van der Waals surface area contributed by atoms with Gasteiger partial charge in [0.1, 0.15) is 5.82 Å². The Balaban J connectivity index is 1.73. The smallest absolute Gasteiger partial charge is 0.355 e. The summed E-state index contributed by atoms with van der Waals surface area (Å²) in [6.45, 7) is 1.03. The summed E-state index contributed by atoms with van der Waals surface area (Å²) in [5, 5.41) is 0. The molecule has 0 saturated carbocycles. The Hall–Kier alpha value is -2.13. The normalized spacial score (nSPS) is 18.5. The Morgan fingerprint density at radius 1 is 1.16 bits per heavy atom. The number of anilines is 1. The Labute approximate surface area is 143 Å². The van der Waals surface area contributed by atoms with Crippen molar-refractivity contribution in [3.8, 4) is 0 Å². The van der Waals surface area contributed by atoms with Crippen LogP contribution in [0.25, 0.3) is 0 Å². The molecule has 0 spiro atoms. The first-order valence-corrected chi connectivity index (χ1v) is 9.09. The Bertz CT molecular complexity index is 841. The molecule has 0 amide bonds. The van der Waals surface area contributed by atoms with Crippen LogP contribution in [0.15, 0.2) is 53.6 Å². The van der Waals surface area contributed by atoms with Crippen LogP contribution in [0.1, 0.15) is 12.0 Å². The molecule has 2 heterocycles. The number of rotatable bonds is 4. The van der Waals surface area contributed by atoms with Crippen LogP contribution in [-0.2, 0) is 16.2 Å². The van der Waals surface area contributed by atoms with Gasteiger partial charge in [-0.25, -0.2) is 18.1 Å². The summed E-state index contributed by atoms with van der Waals surface area (Å²) < 4.78 is 65.6. The van der Waals surface area contributed by atoms with Crippen LogP contribution in [0.3, 0.4) is 0 Å². The van der Waals surface area contributed by atoms with E-state index in [4.69, 9.17) is 0 Å². The maximum atomic E-state index is 12.8. The van der Waals surface area contributed by atoms with Crippen molar-refractivity contribution < 1.29 is 21.6 Å². The van der Waals surface area contributed by atoms with Crippen molar-refractivity contribution in [1.29, 1.82) is 0 Å². The predicted molar refractivity (Wildman–Crippen MR) is 86.6 cm³/mol. The van der Waals surface area contributed by atoms with Crippen molar-refractivity contribution in [2.75, 3.05) is 18.0 Å². The monoisotopic (exact) mass is 371 g/mol. The van der Waals surface area contributed by atoms with E-state index in [0.717, 1.165) is 24.0 Å². The third kappa shape index (κ3) is 4.10. The molecule has 1 saturated heterocycles. The van der Waals surface area contributed by atoms with Gasteiger partial charge in [0.25, 0.3) is 0 Å². The molecule has 0 radical (unpaired) electrons. The molecular weight excluding hydrogens is 355 g/mol. The second-order valence-corrected chi connectivity index (χ2v) is 7.48. The lowest BCUT2D eigenvalue weighted by Crippen LogP contribution is -2.37. The lowest BCUT2D eigenvalue weighted by molar-refractivity contribution is -0.137. The number of nitrogens with zero attached hydrogens (tertiary/aromatic N) is 2. The molecule has 0 aliphatic carbocycles. The van der Waals surface area contributed by atoms with E-state index >= 15 is 0 Å². The summed E-state index contributed by atoms with van der Waals surface area (Å²) in [4.78, 5) is 5.75. The Morgan fingerprint density at radius 2 is 1.96 bits per heavy atom.